The Balaban J connectivity index is 2.37. The van der Waals surface area contributed by atoms with E-state index in [0.29, 0.717) is 5.75 Å². The molecule has 1 amide bonds. The van der Waals surface area contributed by atoms with Crippen LogP contribution in [0, 0.1) is 6.92 Å². The first-order chi connectivity index (χ1) is 8.13. The number of hydrogen-bond donors (Lipinski definition) is 0. The van der Waals surface area contributed by atoms with Gasteiger partial charge in [0.1, 0.15) is 10.9 Å². The van der Waals surface area contributed by atoms with Gasteiger partial charge in [0.25, 0.3) is 0 Å². The van der Waals surface area contributed by atoms with Crippen LogP contribution in [0.4, 0.5) is 0 Å². The van der Waals surface area contributed by atoms with Crippen molar-refractivity contribution in [3.8, 4) is 0 Å². The van der Waals surface area contributed by atoms with Crippen molar-refractivity contribution in [3.63, 3.8) is 0 Å². The van der Waals surface area contributed by atoms with Crippen molar-refractivity contribution < 1.29 is 4.79 Å². The molecule has 0 saturated heterocycles. The highest BCUT2D eigenvalue weighted by Crippen LogP contribution is 2.14. The maximum atomic E-state index is 11.8. The van der Waals surface area contributed by atoms with E-state index in [-0.39, 0.29) is 5.91 Å². The van der Waals surface area contributed by atoms with Gasteiger partial charge in [-0.15, -0.1) is 0 Å². The molecular formula is C12H19N3OS. The number of carbonyl (C=O) groups excluding carboxylic acids is 1. The molecule has 0 aliphatic rings. The Morgan fingerprint density at radius 2 is 2.29 bits per heavy atom. The van der Waals surface area contributed by atoms with Crippen LogP contribution in [0.2, 0.25) is 0 Å². The molecule has 0 bridgehead atoms. The van der Waals surface area contributed by atoms with Crippen LogP contribution < -0.4 is 0 Å². The molecule has 1 rings (SSSR count). The van der Waals surface area contributed by atoms with Gasteiger partial charge in [0, 0.05) is 19.8 Å². The van der Waals surface area contributed by atoms with E-state index in [1.165, 1.54) is 11.8 Å². The molecule has 0 saturated carbocycles. The molecule has 0 aromatic carbocycles. The summed E-state index contributed by atoms with van der Waals surface area (Å²) in [6.45, 7) is 4.80. The van der Waals surface area contributed by atoms with Crippen LogP contribution in [-0.2, 0) is 4.79 Å². The highest BCUT2D eigenvalue weighted by molar-refractivity contribution is 7.99. The Morgan fingerprint density at radius 3 is 2.94 bits per heavy atom. The summed E-state index contributed by atoms with van der Waals surface area (Å²) in [5.74, 6) is 1.33. The number of unbranched alkanes of at least 4 members (excludes halogenated alkanes) is 1. The first kappa shape index (κ1) is 14.0. The van der Waals surface area contributed by atoms with Crippen LogP contribution in [0.15, 0.2) is 17.3 Å². The monoisotopic (exact) mass is 253 g/mol. The van der Waals surface area contributed by atoms with Gasteiger partial charge in [-0.25, -0.2) is 9.97 Å². The van der Waals surface area contributed by atoms with Gasteiger partial charge in [0.2, 0.25) is 5.91 Å². The maximum absolute atomic E-state index is 11.8. The summed E-state index contributed by atoms with van der Waals surface area (Å²) < 4.78 is 0. The van der Waals surface area contributed by atoms with Gasteiger partial charge >= 0.3 is 0 Å². The molecule has 5 heteroatoms. The van der Waals surface area contributed by atoms with Crippen LogP contribution in [0.3, 0.4) is 0 Å². The van der Waals surface area contributed by atoms with Crippen molar-refractivity contribution in [1.29, 1.82) is 0 Å². The first-order valence-corrected chi connectivity index (χ1v) is 6.78. The smallest absolute Gasteiger partial charge is 0.232 e. The Kier molecular flexibility index (Phi) is 5.97. The van der Waals surface area contributed by atoms with E-state index in [1.54, 1.807) is 11.1 Å². The lowest BCUT2D eigenvalue weighted by molar-refractivity contribution is -0.127. The summed E-state index contributed by atoms with van der Waals surface area (Å²) in [7, 11) is 1.85. The zero-order valence-corrected chi connectivity index (χ0v) is 11.5. The number of aromatic nitrogens is 2. The summed E-state index contributed by atoms with van der Waals surface area (Å²) in [4.78, 5) is 21.8. The highest BCUT2D eigenvalue weighted by Gasteiger charge is 2.09. The van der Waals surface area contributed by atoms with E-state index in [4.69, 9.17) is 0 Å². The summed E-state index contributed by atoms with van der Waals surface area (Å²) in [6, 6.07) is 1.83. The van der Waals surface area contributed by atoms with Crippen molar-refractivity contribution >= 4 is 17.7 Å². The fourth-order valence-corrected chi connectivity index (χ4v) is 2.13. The molecule has 94 valence electrons. The lowest BCUT2D eigenvalue weighted by Crippen LogP contribution is -2.29. The average Bonchev–Trinajstić information content (AvgIpc) is 2.33. The van der Waals surface area contributed by atoms with Crippen LogP contribution in [0.1, 0.15) is 25.6 Å². The number of thioether (sulfide) groups is 1. The van der Waals surface area contributed by atoms with Crippen LogP contribution in [-0.4, -0.2) is 40.1 Å². The lowest BCUT2D eigenvalue weighted by atomic mass is 10.3. The van der Waals surface area contributed by atoms with E-state index in [1.807, 2.05) is 20.0 Å². The third-order valence-corrected chi connectivity index (χ3v) is 3.28. The topological polar surface area (TPSA) is 46.1 Å². The van der Waals surface area contributed by atoms with Gasteiger partial charge in [-0.05, 0) is 19.4 Å². The van der Waals surface area contributed by atoms with E-state index >= 15 is 0 Å². The molecule has 0 aliphatic heterocycles. The largest absolute Gasteiger partial charge is 0.345 e. The minimum Gasteiger partial charge on any atom is -0.345 e. The lowest BCUT2D eigenvalue weighted by Gasteiger charge is -2.16. The number of aryl methyl sites for hydroxylation is 1. The molecule has 1 heterocycles. The fourth-order valence-electron chi connectivity index (χ4n) is 1.28. The third kappa shape index (κ3) is 5.17. The summed E-state index contributed by atoms with van der Waals surface area (Å²) in [5.41, 5.74) is 0. The normalized spacial score (nSPS) is 10.3. The molecule has 0 aliphatic carbocycles. The molecule has 4 nitrogen and oxygen atoms in total. The zero-order chi connectivity index (χ0) is 12.7. The Morgan fingerprint density at radius 1 is 1.53 bits per heavy atom. The molecule has 17 heavy (non-hydrogen) atoms. The standard InChI is InChI=1S/C12H19N3OS/c1-4-5-8-15(3)12(16)9-17-11-6-7-13-10(2)14-11/h6-7H,4-5,8-9H2,1-3H3. The minimum atomic E-state index is 0.153. The zero-order valence-electron chi connectivity index (χ0n) is 10.6. The Bertz CT molecular complexity index is 371. The van der Waals surface area contributed by atoms with E-state index < -0.39 is 0 Å². The molecule has 1 aromatic rings. The van der Waals surface area contributed by atoms with E-state index in [2.05, 4.69) is 16.9 Å². The fraction of sp³-hybridized carbons (Fsp3) is 0.583. The van der Waals surface area contributed by atoms with Gasteiger partial charge < -0.3 is 4.90 Å². The van der Waals surface area contributed by atoms with Gasteiger partial charge in [-0.3, -0.25) is 4.79 Å². The van der Waals surface area contributed by atoms with Gasteiger partial charge in [0.05, 0.1) is 5.75 Å². The van der Waals surface area contributed by atoms with E-state index in [0.717, 1.165) is 30.2 Å². The van der Waals surface area contributed by atoms with Crippen molar-refractivity contribution in [2.45, 2.75) is 31.7 Å². The predicted octanol–water partition coefficient (Wildman–Crippen LogP) is 2.14. The minimum absolute atomic E-state index is 0.153. The van der Waals surface area contributed by atoms with Crippen molar-refractivity contribution in [3.05, 3.63) is 18.1 Å². The molecule has 1 aromatic heterocycles. The van der Waals surface area contributed by atoms with E-state index in [9.17, 15) is 4.79 Å². The Labute approximate surface area is 107 Å². The molecule has 0 spiro atoms. The third-order valence-electron chi connectivity index (χ3n) is 2.37. The Hall–Kier alpha value is -1.10. The summed E-state index contributed by atoms with van der Waals surface area (Å²) in [5, 5.41) is 0.856. The predicted molar refractivity (Wildman–Crippen MR) is 70.0 cm³/mol. The second kappa shape index (κ2) is 7.27. The van der Waals surface area contributed by atoms with Gasteiger partial charge in [-0.1, -0.05) is 25.1 Å². The maximum Gasteiger partial charge on any atom is 0.232 e. The van der Waals surface area contributed by atoms with Gasteiger partial charge in [-0.2, -0.15) is 0 Å². The number of amides is 1. The molecule has 0 unspecified atom stereocenters. The average molecular weight is 253 g/mol. The summed E-state index contributed by atoms with van der Waals surface area (Å²) in [6.07, 6.45) is 3.88. The first-order valence-electron chi connectivity index (χ1n) is 5.80. The summed E-state index contributed by atoms with van der Waals surface area (Å²) >= 11 is 1.46. The molecule has 0 atom stereocenters. The molecule has 0 N–H and O–H groups in total. The molecular weight excluding hydrogens is 234 g/mol. The van der Waals surface area contributed by atoms with Crippen molar-refractivity contribution in [1.82, 2.24) is 14.9 Å². The molecule has 0 fully saturated rings. The van der Waals surface area contributed by atoms with Gasteiger partial charge in [0.15, 0.2) is 0 Å². The SMILES string of the molecule is CCCCN(C)C(=O)CSc1ccnc(C)n1. The number of nitrogens with zero attached hydrogens (tertiary/aromatic N) is 3. The van der Waals surface area contributed by atoms with Crippen molar-refractivity contribution in [2.75, 3.05) is 19.3 Å². The number of rotatable bonds is 6. The highest BCUT2D eigenvalue weighted by atomic mass is 32.2. The van der Waals surface area contributed by atoms with Crippen LogP contribution in [0.25, 0.3) is 0 Å². The van der Waals surface area contributed by atoms with Crippen molar-refractivity contribution in [2.24, 2.45) is 0 Å². The number of hydrogen-bond acceptors (Lipinski definition) is 4. The second-order valence-corrected chi connectivity index (χ2v) is 4.90. The quantitative estimate of drug-likeness (QED) is 0.575. The number of carbonyl (C=O) groups is 1. The molecule has 0 radical (unpaired) electrons. The van der Waals surface area contributed by atoms with Crippen LogP contribution >= 0.6 is 11.8 Å². The second-order valence-electron chi connectivity index (χ2n) is 3.90. The van der Waals surface area contributed by atoms with Crippen LogP contribution in [0.5, 0.6) is 0 Å².